The van der Waals surface area contributed by atoms with E-state index in [0.717, 1.165) is 35.9 Å². The van der Waals surface area contributed by atoms with Gasteiger partial charge < -0.3 is 14.5 Å². The van der Waals surface area contributed by atoms with Crippen molar-refractivity contribution in [2.24, 2.45) is 11.8 Å². The van der Waals surface area contributed by atoms with Crippen molar-refractivity contribution >= 4 is 0 Å². The molecule has 0 aliphatic heterocycles. The highest BCUT2D eigenvalue weighted by molar-refractivity contribution is 5.20. The molecule has 0 radical (unpaired) electrons. The third-order valence-corrected chi connectivity index (χ3v) is 4.82. The molecule has 21 heavy (non-hydrogen) atoms. The first-order valence-electron chi connectivity index (χ1n) is 8.53. The Bertz CT molecular complexity index is 454. The van der Waals surface area contributed by atoms with Crippen LogP contribution in [0, 0.1) is 18.8 Å². The molecule has 1 aromatic heterocycles. The lowest BCUT2D eigenvalue weighted by molar-refractivity contribution is -0.00954. The van der Waals surface area contributed by atoms with Gasteiger partial charge >= 0.3 is 0 Å². The lowest BCUT2D eigenvalue weighted by Crippen LogP contribution is -2.26. The number of hydrogen-bond donors (Lipinski definition) is 1. The van der Waals surface area contributed by atoms with E-state index < -0.39 is 0 Å². The summed E-state index contributed by atoms with van der Waals surface area (Å²) in [5.41, 5.74) is 1.22. The maximum absolute atomic E-state index is 6.16. The summed E-state index contributed by atoms with van der Waals surface area (Å²) in [4.78, 5) is 0. The van der Waals surface area contributed by atoms with E-state index >= 15 is 0 Å². The summed E-state index contributed by atoms with van der Waals surface area (Å²) in [6.07, 6.45) is 6.81. The summed E-state index contributed by atoms with van der Waals surface area (Å²) in [5.74, 6) is 3.65. The first kappa shape index (κ1) is 15.1. The van der Waals surface area contributed by atoms with Gasteiger partial charge in [0.1, 0.15) is 11.5 Å². The quantitative estimate of drug-likeness (QED) is 0.853. The average Bonchev–Trinajstić information content (AvgIpc) is 3.17. The van der Waals surface area contributed by atoms with Crippen LogP contribution in [0.2, 0.25) is 0 Å². The molecule has 118 valence electrons. The van der Waals surface area contributed by atoms with Gasteiger partial charge in [-0.05, 0) is 56.9 Å². The first-order chi connectivity index (χ1) is 10.1. The number of nitrogens with one attached hydrogen (secondary N) is 1. The van der Waals surface area contributed by atoms with E-state index in [4.69, 9.17) is 9.15 Å². The van der Waals surface area contributed by atoms with Gasteiger partial charge in [-0.25, -0.2) is 0 Å². The van der Waals surface area contributed by atoms with Crippen LogP contribution in [0.15, 0.2) is 10.5 Å². The van der Waals surface area contributed by atoms with Crippen molar-refractivity contribution in [3.63, 3.8) is 0 Å². The monoisotopic (exact) mass is 291 g/mol. The van der Waals surface area contributed by atoms with Crippen LogP contribution in [0.1, 0.15) is 63.0 Å². The largest absolute Gasteiger partial charge is 0.465 e. The summed E-state index contributed by atoms with van der Waals surface area (Å²) in [5, 5.41) is 3.50. The van der Waals surface area contributed by atoms with Gasteiger partial charge in [-0.2, -0.15) is 0 Å². The summed E-state index contributed by atoms with van der Waals surface area (Å²) in [7, 11) is 0. The number of rotatable bonds is 6. The molecule has 3 rings (SSSR count). The van der Waals surface area contributed by atoms with Crippen LogP contribution < -0.4 is 5.32 Å². The Balaban J connectivity index is 1.49. The van der Waals surface area contributed by atoms with Gasteiger partial charge in [0, 0.05) is 11.6 Å². The van der Waals surface area contributed by atoms with E-state index in [1.165, 1.54) is 37.7 Å². The smallest absolute Gasteiger partial charge is 0.118 e. The standard InChI is InChI=1S/C18H29NO2/c1-12-6-13(2)8-17(7-12)20-11-15-9-18(21-14(15)3)10-19-16-4-5-16/h9,12-13,16-17,19H,4-8,10-11H2,1-3H3. The SMILES string of the molecule is Cc1oc(CNC2CC2)cc1COC1CC(C)CC(C)C1. The molecule has 2 unspecified atom stereocenters. The molecule has 2 atom stereocenters. The molecule has 2 saturated carbocycles. The normalized spacial score (nSPS) is 29.8. The van der Waals surface area contributed by atoms with Crippen molar-refractivity contribution < 1.29 is 9.15 Å². The lowest BCUT2D eigenvalue weighted by Gasteiger charge is -2.31. The molecule has 0 aromatic carbocycles. The molecular formula is C18H29NO2. The maximum Gasteiger partial charge on any atom is 0.118 e. The van der Waals surface area contributed by atoms with Crippen molar-refractivity contribution in [2.75, 3.05) is 0 Å². The van der Waals surface area contributed by atoms with E-state index in [1.807, 2.05) is 6.92 Å². The molecule has 3 heteroatoms. The highest BCUT2D eigenvalue weighted by atomic mass is 16.5. The molecule has 1 heterocycles. The van der Waals surface area contributed by atoms with Crippen LogP contribution >= 0.6 is 0 Å². The van der Waals surface area contributed by atoms with Crippen molar-refractivity contribution in [1.29, 1.82) is 0 Å². The van der Waals surface area contributed by atoms with E-state index in [9.17, 15) is 0 Å². The Morgan fingerprint density at radius 3 is 2.57 bits per heavy atom. The van der Waals surface area contributed by atoms with Crippen LogP contribution in [0.3, 0.4) is 0 Å². The van der Waals surface area contributed by atoms with Crippen LogP contribution in [0.4, 0.5) is 0 Å². The van der Waals surface area contributed by atoms with Gasteiger partial charge in [-0.1, -0.05) is 13.8 Å². The third-order valence-electron chi connectivity index (χ3n) is 4.82. The second kappa shape index (κ2) is 6.53. The van der Waals surface area contributed by atoms with Gasteiger partial charge in [0.2, 0.25) is 0 Å². The number of furan rings is 1. The second-order valence-corrected chi connectivity index (χ2v) is 7.30. The first-order valence-corrected chi connectivity index (χ1v) is 8.53. The third kappa shape index (κ3) is 4.33. The molecule has 3 nitrogen and oxygen atoms in total. The molecule has 0 bridgehead atoms. The van der Waals surface area contributed by atoms with Crippen molar-refractivity contribution in [2.45, 2.75) is 78.2 Å². The van der Waals surface area contributed by atoms with Crippen molar-refractivity contribution in [3.8, 4) is 0 Å². The van der Waals surface area contributed by atoms with Crippen molar-refractivity contribution in [3.05, 3.63) is 23.2 Å². The van der Waals surface area contributed by atoms with E-state index in [2.05, 4.69) is 25.2 Å². The Kier molecular flexibility index (Phi) is 4.70. The fourth-order valence-corrected chi connectivity index (χ4v) is 3.57. The number of hydrogen-bond acceptors (Lipinski definition) is 3. The molecule has 2 fully saturated rings. The van der Waals surface area contributed by atoms with Gasteiger partial charge in [0.25, 0.3) is 0 Å². The fraction of sp³-hybridized carbons (Fsp3) is 0.778. The molecule has 2 aliphatic carbocycles. The van der Waals surface area contributed by atoms with Crippen LogP contribution in [-0.2, 0) is 17.9 Å². The molecular weight excluding hydrogens is 262 g/mol. The van der Waals surface area contributed by atoms with E-state index in [1.54, 1.807) is 0 Å². The van der Waals surface area contributed by atoms with Gasteiger partial charge in [-0.3, -0.25) is 0 Å². The second-order valence-electron chi connectivity index (χ2n) is 7.30. The van der Waals surface area contributed by atoms with E-state index in [0.29, 0.717) is 12.7 Å². The van der Waals surface area contributed by atoms with Crippen LogP contribution in [-0.4, -0.2) is 12.1 Å². The molecule has 0 spiro atoms. The molecule has 2 aliphatic rings. The van der Waals surface area contributed by atoms with E-state index in [-0.39, 0.29) is 0 Å². The average molecular weight is 291 g/mol. The zero-order valence-electron chi connectivity index (χ0n) is 13.7. The zero-order valence-corrected chi connectivity index (χ0v) is 13.7. The Hall–Kier alpha value is -0.800. The summed E-state index contributed by atoms with van der Waals surface area (Å²) >= 11 is 0. The predicted octanol–water partition coefficient (Wildman–Crippen LogP) is 4.18. The Morgan fingerprint density at radius 1 is 1.19 bits per heavy atom. The predicted molar refractivity (Wildman–Crippen MR) is 84.1 cm³/mol. The molecule has 1 N–H and O–H groups in total. The molecule has 0 saturated heterocycles. The van der Waals surface area contributed by atoms with Gasteiger partial charge in [0.05, 0.1) is 19.3 Å². The fourth-order valence-electron chi connectivity index (χ4n) is 3.57. The number of ether oxygens (including phenoxy) is 1. The minimum atomic E-state index is 0.422. The maximum atomic E-state index is 6.16. The highest BCUT2D eigenvalue weighted by Crippen LogP contribution is 2.31. The summed E-state index contributed by atoms with van der Waals surface area (Å²) < 4.78 is 12.0. The van der Waals surface area contributed by atoms with Gasteiger partial charge in [-0.15, -0.1) is 0 Å². The van der Waals surface area contributed by atoms with Crippen LogP contribution in [0.25, 0.3) is 0 Å². The summed E-state index contributed by atoms with van der Waals surface area (Å²) in [6.45, 7) is 8.28. The molecule has 1 aromatic rings. The zero-order chi connectivity index (χ0) is 14.8. The minimum Gasteiger partial charge on any atom is -0.465 e. The highest BCUT2D eigenvalue weighted by Gasteiger charge is 2.25. The van der Waals surface area contributed by atoms with Crippen molar-refractivity contribution in [1.82, 2.24) is 5.32 Å². The molecule has 0 amide bonds. The number of aryl methyl sites for hydroxylation is 1. The van der Waals surface area contributed by atoms with Gasteiger partial charge in [0.15, 0.2) is 0 Å². The summed E-state index contributed by atoms with van der Waals surface area (Å²) in [6, 6.07) is 2.89. The Labute approximate surface area is 128 Å². The topological polar surface area (TPSA) is 34.4 Å². The Morgan fingerprint density at radius 2 is 1.90 bits per heavy atom. The minimum absolute atomic E-state index is 0.422. The van der Waals surface area contributed by atoms with Crippen LogP contribution in [0.5, 0.6) is 0 Å². The lowest BCUT2D eigenvalue weighted by atomic mass is 9.82.